The number of benzene rings is 2. The van der Waals surface area contributed by atoms with Crippen molar-refractivity contribution in [1.82, 2.24) is 4.98 Å². The number of hydrogen-bond donors (Lipinski definition) is 0. The summed E-state index contributed by atoms with van der Waals surface area (Å²) in [6.07, 6.45) is 6.28. The van der Waals surface area contributed by atoms with Crippen molar-refractivity contribution in [3.8, 4) is 17.4 Å². The quantitative estimate of drug-likeness (QED) is 0.549. The van der Waals surface area contributed by atoms with Gasteiger partial charge in [-0.05, 0) is 86.6 Å². The molecule has 1 saturated carbocycles. The molecule has 1 fully saturated rings. The number of hydrogen-bond acceptors (Lipinski definition) is 3. The zero-order chi connectivity index (χ0) is 17.9. The fraction of sp³-hybridized carbons (Fsp3) is 0.348. The van der Waals surface area contributed by atoms with Crippen LogP contribution in [0.4, 0.5) is 0 Å². The van der Waals surface area contributed by atoms with Gasteiger partial charge in [0, 0.05) is 11.5 Å². The first-order valence-corrected chi connectivity index (χ1v) is 9.56. The van der Waals surface area contributed by atoms with Crippen molar-refractivity contribution in [2.45, 2.75) is 52.1 Å². The molecule has 2 aromatic carbocycles. The Morgan fingerprint density at radius 3 is 2.62 bits per heavy atom. The van der Waals surface area contributed by atoms with Crippen LogP contribution in [0.15, 0.2) is 48.5 Å². The molecule has 0 spiro atoms. The van der Waals surface area contributed by atoms with Gasteiger partial charge in [0.05, 0.1) is 11.6 Å². The Morgan fingerprint density at radius 1 is 1.00 bits per heavy atom. The van der Waals surface area contributed by atoms with Gasteiger partial charge in [-0.1, -0.05) is 13.0 Å². The number of aromatic nitrogens is 1. The molecular weight excluding hydrogens is 322 g/mol. The number of pyridine rings is 1. The monoisotopic (exact) mass is 347 g/mol. The van der Waals surface area contributed by atoms with Gasteiger partial charge in [-0.3, -0.25) is 0 Å². The lowest BCUT2D eigenvalue weighted by atomic mass is 10.1. The summed E-state index contributed by atoms with van der Waals surface area (Å²) in [4.78, 5) is 4.64. The van der Waals surface area contributed by atoms with Crippen LogP contribution in [0.5, 0.6) is 17.4 Å². The summed E-state index contributed by atoms with van der Waals surface area (Å²) in [6, 6.07) is 16.4. The van der Waals surface area contributed by atoms with Crippen molar-refractivity contribution < 1.29 is 9.47 Å². The second-order valence-corrected chi connectivity index (χ2v) is 7.08. The second-order valence-electron chi connectivity index (χ2n) is 7.08. The fourth-order valence-corrected chi connectivity index (χ4v) is 3.55. The summed E-state index contributed by atoms with van der Waals surface area (Å²) < 4.78 is 12.1. The van der Waals surface area contributed by atoms with Crippen LogP contribution in [0.3, 0.4) is 0 Å². The standard InChI is InChI=1S/C23H25NO2/c1-3-17-8-11-21-18(15-17)9-13-23(24-21)26-22-12-10-20(14-16(22)2)25-19-6-4-5-7-19/h8-15,19H,3-7H2,1-2H3. The minimum Gasteiger partial charge on any atom is -0.490 e. The van der Waals surface area contributed by atoms with Gasteiger partial charge in [0.25, 0.3) is 0 Å². The topological polar surface area (TPSA) is 31.4 Å². The first kappa shape index (κ1) is 16.9. The molecule has 1 heterocycles. The summed E-state index contributed by atoms with van der Waals surface area (Å²) in [5.74, 6) is 2.37. The van der Waals surface area contributed by atoms with E-state index in [9.17, 15) is 0 Å². The molecular formula is C23H25NO2. The largest absolute Gasteiger partial charge is 0.490 e. The van der Waals surface area contributed by atoms with E-state index in [1.807, 2.05) is 25.1 Å². The number of aryl methyl sites for hydroxylation is 2. The molecule has 0 N–H and O–H groups in total. The predicted octanol–water partition coefficient (Wildman–Crippen LogP) is 6.22. The van der Waals surface area contributed by atoms with Gasteiger partial charge in [0.1, 0.15) is 11.5 Å². The first-order chi connectivity index (χ1) is 12.7. The van der Waals surface area contributed by atoms with Crippen LogP contribution in [0.2, 0.25) is 0 Å². The normalized spacial score (nSPS) is 14.7. The zero-order valence-electron chi connectivity index (χ0n) is 15.5. The van der Waals surface area contributed by atoms with Gasteiger partial charge < -0.3 is 9.47 Å². The van der Waals surface area contributed by atoms with Crippen LogP contribution in [0.1, 0.15) is 43.7 Å². The third kappa shape index (κ3) is 3.67. The van der Waals surface area contributed by atoms with E-state index in [0.717, 1.165) is 47.2 Å². The highest BCUT2D eigenvalue weighted by Crippen LogP contribution is 2.30. The van der Waals surface area contributed by atoms with Crippen molar-refractivity contribution in [3.63, 3.8) is 0 Å². The summed E-state index contributed by atoms with van der Waals surface area (Å²) in [7, 11) is 0. The molecule has 0 saturated heterocycles. The fourth-order valence-electron chi connectivity index (χ4n) is 3.55. The van der Waals surface area contributed by atoms with E-state index in [4.69, 9.17) is 9.47 Å². The van der Waals surface area contributed by atoms with E-state index in [2.05, 4.69) is 42.2 Å². The number of fused-ring (bicyclic) bond motifs is 1. The molecule has 0 bridgehead atoms. The highest BCUT2D eigenvalue weighted by Gasteiger charge is 2.17. The average Bonchev–Trinajstić information content (AvgIpc) is 3.16. The van der Waals surface area contributed by atoms with Crippen LogP contribution in [0, 0.1) is 6.92 Å². The average molecular weight is 347 g/mol. The maximum atomic E-state index is 6.07. The molecule has 134 valence electrons. The molecule has 3 nitrogen and oxygen atoms in total. The lowest BCUT2D eigenvalue weighted by Crippen LogP contribution is -2.10. The molecule has 1 aliphatic carbocycles. The SMILES string of the molecule is CCc1ccc2nc(Oc3ccc(OC4CCCC4)cc3C)ccc2c1. The molecule has 1 aliphatic rings. The first-order valence-electron chi connectivity index (χ1n) is 9.56. The van der Waals surface area contributed by atoms with E-state index in [-0.39, 0.29) is 0 Å². The van der Waals surface area contributed by atoms with E-state index >= 15 is 0 Å². The number of rotatable bonds is 5. The molecule has 3 aromatic rings. The lowest BCUT2D eigenvalue weighted by Gasteiger charge is -2.15. The molecule has 0 amide bonds. The van der Waals surface area contributed by atoms with Crippen molar-refractivity contribution in [2.24, 2.45) is 0 Å². The number of nitrogens with zero attached hydrogens (tertiary/aromatic N) is 1. The van der Waals surface area contributed by atoms with E-state index in [1.54, 1.807) is 0 Å². The summed E-state index contributed by atoms with van der Waals surface area (Å²) in [5, 5.41) is 1.15. The maximum absolute atomic E-state index is 6.07. The second kappa shape index (κ2) is 7.36. The van der Waals surface area contributed by atoms with Crippen LogP contribution in [-0.4, -0.2) is 11.1 Å². The van der Waals surface area contributed by atoms with Gasteiger partial charge in [-0.25, -0.2) is 4.98 Å². The molecule has 0 unspecified atom stereocenters. The van der Waals surface area contributed by atoms with Crippen molar-refractivity contribution in [3.05, 3.63) is 59.7 Å². The number of ether oxygens (including phenoxy) is 2. The maximum Gasteiger partial charge on any atom is 0.219 e. The molecule has 3 heteroatoms. The zero-order valence-corrected chi connectivity index (χ0v) is 15.5. The third-order valence-electron chi connectivity index (χ3n) is 5.10. The van der Waals surface area contributed by atoms with E-state index in [1.165, 1.54) is 18.4 Å². The van der Waals surface area contributed by atoms with Crippen LogP contribution >= 0.6 is 0 Å². The Hall–Kier alpha value is -2.55. The molecule has 0 aliphatic heterocycles. The van der Waals surface area contributed by atoms with E-state index < -0.39 is 0 Å². The Balaban J connectivity index is 1.51. The van der Waals surface area contributed by atoms with Crippen LogP contribution in [-0.2, 0) is 6.42 Å². The minimum atomic E-state index is 0.372. The van der Waals surface area contributed by atoms with Gasteiger partial charge >= 0.3 is 0 Å². The Bertz CT molecular complexity index is 913. The molecule has 0 atom stereocenters. The molecule has 1 aromatic heterocycles. The Kier molecular flexibility index (Phi) is 4.79. The predicted molar refractivity (Wildman–Crippen MR) is 105 cm³/mol. The van der Waals surface area contributed by atoms with Gasteiger partial charge in [-0.15, -0.1) is 0 Å². The molecule has 0 radical (unpaired) electrons. The minimum absolute atomic E-state index is 0.372. The van der Waals surface area contributed by atoms with Crippen LogP contribution in [0.25, 0.3) is 10.9 Å². The Morgan fingerprint density at radius 2 is 1.85 bits per heavy atom. The highest BCUT2D eigenvalue weighted by molar-refractivity contribution is 5.79. The molecule has 4 rings (SSSR count). The highest BCUT2D eigenvalue weighted by atomic mass is 16.5. The molecule has 26 heavy (non-hydrogen) atoms. The summed E-state index contributed by atoms with van der Waals surface area (Å²) in [5.41, 5.74) is 3.34. The smallest absolute Gasteiger partial charge is 0.219 e. The lowest BCUT2D eigenvalue weighted by molar-refractivity contribution is 0.209. The van der Waals surface area contributed by atoms with Gasteiger partial charge in [0.2, 0.25) is 5.88 Å². The summed E-state index contributed by atoms with van der Waals surface area (Å²) >= 11 is 0. The van der Waals surface area contributed by atoms with Gasteiger partial charge in [0.15, 0.2) is 0 Å². The summed E-state index contributed by atoms with van der Waals surface area (Å²) in [6.45, 7) is 4.21. The van der Waals surface area contributed by atoms with E-state index in [0.29, 0.717) is 12.0 Å². The van der Waals surface area contributed by atoms with Crippen molar-refractivity contribution in [2.75, 3.05) is 0 Å². The third-order valence-corrected chi connectivity index (χ3v) is 5.10. The van der Waals surface area contributed by atoms with Gasteiger partial charge in [-0.2, -0.15) is 0 Å². The Labute approximate surface area is 155 Å². The van der Waals surface area contributed by atoms with Crippen molar-refractivity contribution in [1.29, 1.82) is 0 Å². The van der Waals surface area contributed by atoms with Crippen LogP contribution < -0.4 is 9.47 Å². The van der Waals surface area contributed by atoms with Crippen molar-refractivity contribution >= 4 is 10.9 Å².